The van der Waals surface area contributed by atoms with Gasteiger partial charge >= 0.3 is 5.97 Å². The zero-order valence-electron chi connectivity index (χ0n) is 11.2. The van der Waals surface area contributed by atoms with E-state index in [4.69, 9.17) is 13.9 Å². The molecule has 1 aliphatic heterocycles. The van der Waals surface area contributed by atoms with Gasteiger partial charge in [0.1, 0.15) is 0 Å². The van der Waals surface area contributed by atoms with Gasteiger partial charge in [0.2, 0.25) is 5.76 Å². The number of carbonyl (C=O) groups excluding carboxylic acids is 1. The van der Waals surface area contributed by atoms with Crippen molar-refractivity contribution in [3.05, 3.63) is 17.3 Å². The van der Waals surface area contributed by atoms with Gasteiger partial charge in [0, 0.05) is 25.0 Å². The van der Waals surface area contributed by atoms with Gasteiger partial charge in [-0.05, 0) is 32.6 Å². The van der Waals surface area contributed by atoms with Crippen molar-refractivity contribution < 1.29 is 18.7 Å². The third-order valence-corrected chi connectivity index (χ3v) is 3.67. The lowest BCUT2D eigenvalue weighted by Gasteiger charge is -2.18. The van der Waals surface area contributed by atoms with Crippen molar-refractivity contribution in [1.82, 2.24) is 4.98 Å². The molecule has 2 heterocycles. The number of oxazole rings is 1. The van der Waals surface area contributed by atoms with E-state index >= 15 is 0 Å². The average Bonchev–Trinajstić information content (AvgIpc) is 3.19. The second-order valence-corrected chi connectivity index (χ2v) is 5.15. The van der Waals surface area contributed by atoms with Crippen LogP contribution in [-0.4, -0.2) is 30.8 Å². The minimum atomic E-state index is -0.379. The summed E-state index contributed by atoms with van der Waals surface area (Å²) in [5, 5.41) is 0. The third-order valence-electron chi connectivity index (χ3n) is 3.67. The van der Waals surface area contributed by atoms with Crippen LogP contribution < -0.4 is 0 Å². The quantitative estimate of drug-likeness (QED) is 0.783. The molecule has 0 spiro atoms. The Morgan fingerprint density at radius 3 is 2.63 bits per heavy atom. The van der Waals surface area contributed by atoms with E-state index < -0.39 is 0 Å². The van der Waals surface area contributed by atoms with Gasteiger partial charge in [0.25, 0.3) is 0 Å². The molecule has 1 aliphatic carbocycles. The van der Waals surface area contributed by atoms with Crippen LogP contribution in [0.5, 0.6) is 0 Å². The smallest absolute Gasteiger partial charge is 0.376 e. The molecule has 1 saturated carbocycles. The molecular formula is C14H19NO4. The summed E-state index contributed by atoms with van der Waals surface area (Å²) in [7, 11) is 0. The van der Waals surface area contributed by atoms with Gasteiger partial charge < -0.3 is 13.9 Å². The SMILES string of the molecule is CCOC(=O)c1oc(C2CCOCC2)nc1C1CC1. The Morgan fingerprint density at radius 2 is 2.00 bits per heavy atom. The van der Waals surface area contributed by atoms with Crippen molar-refractivity contribution >= 4 is 5.97 Å². The highest BCUT2D eigenvalue weighted by atomic mass is 16.5. The largest absolute Gasteiger partial charge is 0.460 e. The van der Waals surface area contributed by atoms with Crippen molar-refractivity contribution in [3.63, 3.8) is 0 Å². The highest BCUT2D eigenvalue weighted by Gasteiger charge is 2.35. The van der Waals surface area contributed by atoms with E-state index in [0.29, 0.717) is 24.2 Å². The molecule has 5 nitrogen and oxygen atoms in total. The summed E-state index contributed by atoms with van der Waals surface area (Å²) in [6, 6.07) is 0. The third kappa shape index (κ3) is 2.66. The fourth-order valence-corrected chi connectivity index (χ4v) is 2.44. The lowest BCUT2D eigenvalue weighted by Crippen LogP contribution is -2.14. The topological polar surface area (TPSA) is 61.6 Å². The first kappa shape index (κ1) is 12.7. The first-order valence-corrected chi connectivity index (χ1v) is 7.05. The molecule has 0 atom stereocenters. The Kier molecular flexibility index (Phi) is 3.55. The maximum absolute atomic E-state index is 11.9. The van der Waals surface area contributed by atoms with Crippen LogP contribution in [0.3, 0.4) is 0 Å². The Labute approximate surface area is 112 Å². The molecule has 19 heavy (non-hydrogen) atoms. The summed E-state index contributed by atoms with van der Waals surface area (Å²) < 4.78 is 16.1. The van der Waals surface area contributed by atoms with E-state index in [9.17, 15) is 4.79 Å². The van der Waals surface area contributed by atoms with Gasteiger partial charge in [-0.1, -0.05) is 0 Å². The molecule has 1 aromatic rings. The van der Waals surface area contributed by atoms with E-state index in [1.54, 1.807) is 6.92 Å². The molecule has 0 aromatic carbocycles. The van der Waals surface area contributed by atoms with E-state index in [-0.39, 0.29) is 11.9 Å². The minimum Gasteiger partial charge on any atom is -0.460 e. The molecule has 3 rings (SSSR count). The summed E-state index contributed by atoms with van der Waals surface area (Å²) in [5.41, 5.74) is 0.806. The first-order chi connectivity index (χ1) is 9.29. The number of nitrogens with zero attached hydrogens (tertiary/aromatic N) is 1. The number of esters is 1. The normalized spacial score (nSPS) is 20.5. The zero-order valence-corrected chi connectivity index (χ0v) is 11.2. The predicted molar refractivity (Wildman–Crippen MR) is 67.2 cm³/mol. The fourth-order valence-electron chi connectivity index (χ4n) is 2.44. The molecule has 104 valence electrons. The van der Waals surface area contributed by atoms with Crippen LogP contribution in [0.4, 0.5) is 0 Å². The van der Waals surface area contributed by atoms with Crippen LogP contribution in [0.25, 0.3) is 0 Å². The maximum atomic E-state index is 11.9. The van der Waals surface area contributed by atoms with Crippen molar-refractivity contribution in [2.24, 2.45) is 0 Å². The zero-order chi connectivity index (χ0) is 13.2. The van der Waals surface area contributed by atoms with Gasteiger partial charge in [0.15, 0.2) is 5.89 Å². The van der Waals surface area contributed by atoms with E-state index in [0.717, 1.165) is 44.6 Å². The van der Waals surface area contributed by atoms with Gasteiger partial charge in [0.05, 0.1) is 12.3 Å². The molecule has 2 fully saturated rings. The van der Waals surface area contributed by atoms with Gasteiger partial charge in [-0.15, -0.1) is 0 Å². The summed E-state index contributed by atoms with van der Waals surface area (Å²) in [5.74, 6) is 1.29. The monoisotopic (exact) mass is 265 g/mol. The van der Waals surface area contributed by atoms with Crippen molar-refractivity contribution in [2.75, 3.05) is 19.8 Å². The van der Waals surface area contributed by atoms with E-state index in [1.165, 1.54) is 0 Å². The number of hydrogen-bond donors (Lipinski definition) is 0. The van der Waals surface area contributed by atoms with Gasteiger partial charge in [-0.2, -0.15) is 0 Å². The second kappa shape index (κ2) is 5.33. The average molecular weight is 265 g/mol. The summed E-state index contributed by atoms with van der Waals surface area (Å²) in [6.07, 6.45) is 4.00. The lowest BCUT2D eigenvalue weighted by atomic mass is 10.0. The standard InChI is InChI=1S/C14H19NO4/c1-2-18-14(16)12-11(9-3-4-9)15-13(19-12)10-5-7-17-8-6-10/h9-10H,2-8H2,1H3. The van der Waals surface area contributed by atoms with Gasteiger partial charge in [-0.25, -0.2) is 9.78 Å². The molecule has 1 aromatic heterocycles. The number of hydrogen-bond acceptors (Lipinski definition) is 5. The van der Waals surface area contributed by atoms with E-state index in [2.05, 4.69) is 4.98 Å². The maximum Gasteiger partial charge on any atom is 0.376 e. The van der Waals surface area contributed by atoms with E-state index in [1.807, 2.05) is 0 Å². The Hall–Kier alpha value is -1.36. The van der Waals surface area contributed by atoms with Crippen LogP contribution in [0.15, 0.2) is 4.42 Å². The van der Waals surface area contributed by atoms with Gasteiger partial charge in [-0.3, -0.25) is 0 Å². The summed E-state index contributed by atoms with van der Waals surface area (Å²) in [4.78, 5) is 16.5. The van der Waals surface area contributed by atoms with Crippen LogP contribution in [0, 0.1) is 0 Å². The minimum absolute atomic E-state index is 0.273. The molecular weight excluding hydrogens is 246 g/mol. The summed E-state index contributed by atoms with van der Waals surface area (Å²) >= 11 is 0. The van der Waals surface area contributed by atoms with Crippen molar-refractivity contribution in [2.45, 2.75) is 44.4 Å². The lowest BCUT2D eigenvalue weighted by molar-refractivity contribution is 0.0480. The Balaban J connectivity index is 1.85. The molecule has 0 radical (unpaired) electrons. The molecule has 0 unspecified atom stereocenters. The highest BCUT2D eigenvalue weighted by Crippen LogP contribution is 2.42. The molecule has 0 amide bonds. The van der Waals surface area contributed by atoms with Crippen molar-refractivity contribution in [1.29, 1.82) is 0 Å². The first-order valence-electron chi connectivity index (χ1n) is 7.05. The fraction of sp³-hybridized carbons (Fsp3) is 0.714. The molecule has 1 saturated heterocycles. The predicted octanol–water partition coefficient (Wildman–Crippen LogP) is 2.62. The molecule has 0 N–H and O–H groups in total. The molecule has 2 aliphatic rings. The Morgan fingerprint density at radius 1 is 1.26 bits per heavy atom. The van der Waals surface area contributed by atoms with Crippen LogP contribution in [0.2, 0.25) is 0 Å². The van der Waals surface area contributed by atoms with Crippen LogP contribution >= 0.6 is 0 Å². The van der Waals surface area contributed by atoms with Crippen molar-refractivity contribution in [3.8, 4) is 0 Å². The number of carbonyl (C=O) groups is 1. The number of ether oxygens (including phenoxy) is 2. The number of aromatic nitrogens is 1. The number of rotatable bonds is 4. The molecule has 5 heteroatoms. The Bertz CT molecular complexity index is 458. The highest BCUT2D eigenvalue weighted by molar-refractivity contribution is 5.87. The second-order valence-electron chi connectivity index (χ2n) is 5.15. The van der Waals surface area contributed by atoms with Crippen LogP contribution in [-0.2, 0) is 9.47 Å². The molecule has 0 bridgehead atoms. The summed E-state index contributed by atoms with van der Waals surface area (Å²) in [6.45, 7) is 3.63. The van der Waals surface area contributed by atoms with Crippen LogP contribution in [0.1, 0.15) is 66.6 Å².